The van der Waals surface area contributed by atoms with E-state index in [0.29, 0.717) is 11.1 Å². The number of amides is 3. The fourth-order valence-corrected chi connectivity index (χ4v) is 2.63. The van der Waals surface area contributed by atoms with E-state index in [1.165, 1.54) is 7.05 Å². The summed E-state index contributed by atoms with van der Waals surface area (Å²) < 4.78 is 5.45. The first kappa shape index (κ1) is 18.1. The predicted octanol–water partition coefficient (Wildman–Crippen LogP) is 3.19. The Morgan fingerprint density at radius 2 is 1.52 bits per heavy atom. The van der Waals surface area contributed by atoms with Gasteiger partial charge >= 0.3 is 12.0 Å². The molecule has 136 valence electrons. The number of imide groups is 1. The Morgan fingerprint density at radius 1 is 0.852 bits per heavy atom. The molecular formula is C21H18N2O4. The number of hydrogen-bond donors (Lipinski definition) is 2. The molecule has 6 heteroatoms. The molecule has 3 amide bonds. The first-order valence-electron chi connectivity index (χ1n) is 8.36. The molecule has 27 heavy (non-hydrogen) atoms. The fraction of sp³-hybridized carbons (Fsp3) is 0.0952. The maximum atomic E-state index is 12.6. The molecular weight excluding hydrogens is 344 g/mol. The van der Waals surface area contributed by atoms with Crippen molar-refractivity contribution < 1.29 is 19.1 Å². The van der Waals surface area contributed by atoms with Gasteiger partial charge in [-0.3, -0.25) is 10.1 Å². The van der Waals surface area contributed by atoms with Gasteiger partial charge in [-0.15, -0.1) is 0 Å². The van der Waals surface area contributed by atoms with E-state index in [9.17, 15) is 14.4 Å². The quantitative estimate of drug-likeness (QED) is 0.698. The Hall–Kier alpha value is -3.67. The fourth-order valence-electron chi connectivity index (χ4n) is 2.63. The zero-order valence-electron chi connectivity index (χ0n) is 14.6. The van der Waals surface area contributed by atoms with Crippen molar-refractivity contribution in [3.05, 3.63) is 83.9 Å². The van der Waals surface area contributed by atoms with Gasteiger partial charge in [0.1, 0.15) is 0 Å². The van der Waals surface area contributed by atoms with Gasteiger partial charge < -0.3 is 10.1 Å². The Labute approximate surface area is 156 Å². The van der Waals surface area contributed by atoms with Crippen molar-refractivity contribution in [1.82, 2.24) is 10.6 Å². The summed E-state index contributed by atoms with van der Waals surface area (Å²) in [6.45, 7) is 0. The number of fused-ring (bicyclic) bond motifs is 1. The number of carbonyl (C=O) groups excluding carboxylic acids is 3. The summed E-state index contributed by atoms with van der Waals surface area (Å²) in [6.07, 6.45) is -1.25. The summed E-state index contributed by atoms with van der Waals surface area (Å²) >= 11 is 0. The van der Waals surface area contributed by atoms with Crippen LogP contribution < -0.4 is 10.6 Å². The molecule has 0 saturated heterocycles. The largest absolute Gasteiger partial charge is 0.444 e. The molecule has 0 radical (unpaired) electrons. The third-order valence-electron chi connectivity index (χ3n) is 4.01. The summed E-state index contributed by atoms with van der Waals surface area (Å²) in [5.74, 6) is -1.38. The number of esters is 1. The number of ether oxygens (including phenoxy) is 1. The van der Waals surface area contributed by atoms with Crippen molar-refractivity contribution in [2.45, 2.75) is 6.10 Å². The van der Waals surface area contributed by atoms with Crippen LogP contribution in [0.25, 0.3) is 10.8 Å². The summed E-state index contributed by atoms with van der Waals surface area (Å²) in [6, 6.07) is 20.6. The van der Waals surface area contributed by atoms with E-state index in [-0.39, 0.29) is 0 Å². The second kappa shape index (κ2) is 8.14. The van der Waals surface area contributed by atoms with Crippen molar-refractivity contribution in [3.8, 4) is 0 Å². The summed E-state index contributed by atoms with van der Waals surface area (Å²) in [4.78, 5) is 36.5. The highest BCUT2D eigenvalue weighted by Crippen LogP contribution is 2.22. The minimum absolute atomic E-state index is 0.322. The number of nitrogens with one attached hydrogen (secondary N) is 2. The highest BCUT2D eigenvalue weighted by Gasteiger charge is 2.27. The van der Waals surface area contributed by atoms with Crippen LogP contribution in [0.2, 0.25) is 0 Å². The molecule has 0 fully saturated rings. The van der Waals surface area contributed by atoms with E-state index in [1.807, 2.05) is 30.3 Å². The van der Waals surface area contributed by atoms with Gasteiger partial charge in [0.15, 0.2) is 0 Å². The van der Waals surface area contributed by atoms with Gasteiger partial charge in [-0.05, 0) is 22.9 Å². The SMILES string of the molecule is CNC(=O)NC(=O)[C@@H](OC(=O)c1ccc2ccccc2c1)c1ccccc1. The lowest BCUT2D eigenvalue weighted by Gasteiger charge is -2.17. The Kier molecular flexibility index (Phi) is 5.47. The van der Waals surface area contributed by atoms with E-state index in [1.54, 1.807) is 42.5 Å². The average molecular weight is 362 g/mol. The van der Waals surface area contributed by atoms with Crippen LogP contribution in [0.3, 0.4) is 0 Å². The zero-order chi connectivity index (χ0) is 19.2. The van der Waals surface area contributed by atoms with E-state index in [0.717, 1.165) is 10.8 Å². The van der Waals surface area contributed by atoms with E-state index < -0.39 is 24.0 Å². The van der Waals surface area contributed by atoms with Crippen molar-refractivity contribution in [2.75, 3.05) is 7.05 Å². The minimum Gasteiger partial charge on any atom is -0.444 e. The van der Waals surface area contributed by atoms with Crippen LogP contribution in [0.4, 0.5) is 4.79 Å². The summed E-state index contributed by atoms with van der Waals surface area (Å²) in [5.41, 5.74) is 0.787. The molecule has 0 bridgehead atoms. The second-order valence-corrected chi connectivity index (χ2v) is 5.83. The molecule has 0 aliphatic rings. The van der Waals surface area contributed by atoms with Gasteiger partial charge in [0.2, 0.25) is 6.10 Å². The van der Waals surface area contributed by atoms with Gasteiger partial charge in [0.25, 0.3) is 5.91 Å². The van der Waals surface area contributed by atoms with E-state index >= 15 is 0 Å². The van der Waals surface area contributed by atoms with Gasteiger partial charge in [0.05, 0.1) is 5.56 Å². The smallest absolute Gasteiger partial charge is 0.339 e. The third-order valence-corrected chi connectivity index (χ3v) is 4.01. The van der Waals surface area contributed by atoms with Crippen LogP contribution in [-0.2, 0) is 9.53 Å². The maximum absolute atomic E-state index is 12.6. The molecule has 0 aliphatic heterocycles. The number of benzene rings is 3. The van der Waals surface area contributed by atoms with Crippen molar-refractivity contribution in [1.29, 1.82) is 0 Å². The van der Waals surface area contributed by atoms with Crippen molar-refractivity contribution in [2.24, 2.45) is 0 Å². The van der Waals surface area contributed by atoms with Crippen molar-refractivity contribution in [3.63, 3.8) is 0 Å². The number of urea groups is 1. The Morgan fingerprint density at radius 3 is 2.22 bits per heavy atom. The van der Waals surface area contributed by atoms with Gasteiger partial charge in [-0.25, -0.2) is 9.59 Å². The van der Waals surface area contributed by atoms with Gasteiger partial charge in [-0.2, -0.15) is 0 Å². The van der Waals surface area contributed by atoms with E-state index in [4.69, 9.17) is 4.74 Å². The van der Waals surface area contributed by atoms with Crippen LogP contribution >= 0.6 is 0 Å². The second-order valence-electron chi connectivity index (χ2n) is 5.83. The molecule has 0 spiro atoms. The zero-order valence-corrected chi connectivity index (χ0v) is 14.6. The minimum atomic E-state index is -1.25. The van der Waals surface area contributed by atoms with Crippen molar-refractivity contribution >= 4 is 28.7 Å². The monoisotopic (exact) mass is 362 g/mol. The first-order valence-corrected chi connectivity index (χ1v) is 8.36. The molecule has 3 aromatic carbocycles. The van der Waals surface area contributed by atoms with Gasteiger partial charge in [-0.1, -0.05) is 60.7 Å². The molecule has 2 N–H and O–H groups in total. The molecule has 1 atom stereocenters. The lowest BCUT2D eigenvalue weighted by molar-refractivity contribution is -0.129. The molecule has 0 unspecified atom stereocenters. The first-order chi connectivity index (χ1) is 13.1. The number of rotatable bonds is 4. The van der Waals surface area contributed by atoms with E-state index in [2.05, 4.69) is 10.6 Å². The molecule has 0 heterocycles. The van der Waals surface area contributed by atoms with Gasteiger partial charge in [0, 0.05) is 12.6 Å². The van der Waals surface area contributed by atoms with Crippen LogP contribution in [0.5, 0.6) is 0 Å². The Balaban J connectivity index is 1.86. The molecule has 3 aromatic rings. The molecule has 0 saturated carbocycles. The molecule has 0 aromatic heterocycles. The maximum Gasteiger partial charge on any atom is 0.339 e. The lowest BCUT2D eigenvalue weighted by Crippen LogP contribution is -2.41. The topological polar surface area (TPSA) is 84.5 Å². The normalized spacial score (nSPS) is 11.4. The average Bonchev–Trinajstić information content (AvgIpc) is 2.71. The number of carbonyl (C=O) groups is 3. The summed E-state index contributed by atoms with van der Waals surface area (Å²) in [7, 11) is 1.39. The van der Waals surface area contributed by atoms with Crippen LogP contribution in [0.15, 0.2) is 72.8 Å². The van der Waals surface area contributed by atoms with Crippen LogP contribution in [0.1, 0.15) is 22.0 Å². The van der Waals surface area contributed by atoms with Crippen LogP contribution in [-0.4, -0.2) is 25.0 Å². The Bertz CT molecular complexity index is 986. The highest BCUT2D eigenvalue weighted by molar-refractivity contribution is 6.00. The standard InChI is InChI=1S/C21H18N2O4/c1-22-21(26)23-19(24)18(15-8-3-2-4-9-15)27-20(25)17-12-11-14-7-5-6-10-16(14)13-17/h2-13,18H,1H3,(H2,22,23,24,26)/t18-/m0/s1. The lowest BCUT2D eigenvalue weighted by atomic mass is 10.1. The molecule has 6 nitrogen and oxygen atoms in total. The third kappa shape index (κ3) is 4.30. The predicted molar refractivity (Wildman–Crippen MR) is 101 cm³/mol. The summed E-state index contributed by atoms with van der Waals surface area (Å²) in [5, 5.41) is 6.32. The van der Waals surface area contributed by atoms with Crippen LogP contribution in [0, 0.1) is 0 Å². The molecule has 3 rings (SSSR count). The highest BCUT2D eigenvalue weighted by atomic mass is 16.5. The molecule has 0 aliphatic carbocycles. The number of hydrogen-bond acceptors (Lipinski definition) is 4.